The van der Waals surface area contributed by atoms with Crippen LogP contribution in [0.4, 0.5) is 0 Å². The third-order valence-corrected chi connectivity index (χ3v) is 6.50. The number of hydrogen-bond acceptors (Lipinski definition) is 4. The third kappa shape index (κ3) is 3.70. The molecule has 0 spiro atoms. The largest absolute Gasteiger partial charge is 0.376 e. The van der Waals surface area contributed by atoms with Crippen LogP contribution in [-0.2, 0) is 24.1 Å². The van der Waals surface area contributed by atoms with Crippen LogP contribution in [-0.4, -0.2) is 31.8 Å². The fourth-order valence-electron chi connectivity index (χ4n) is 3.94. The fraction of sp³-hybridized carbons (Fsp3) is 0.304. The maximum Gasteiger partial charge on any atom is 0.168 e. The summed E-state index contributed by atoms with van der Waals surface area (Å²) in [6.07, 6.45) is 4.51. The van der Waals surface area contributed by atoms with E-state index in [9.17, 15) is 0 Å². The summed E-state index contributed by atoms with van der Waals surface area (Å²) in [6, 6.07) is 18.7. The molecule has 5 nitrogen and oxygen atoms in total. The predicted molar refractivity (Wildman–Crippen MR) is 117 cm³/mol. The number of fused-ring (bicyclic) bond motifs is 1. The maximum atomic E-state index is 5.92. The molecule has 29 heavy (non-hydrogen) atoms. The lowest BCUT2D eigenvalue weighted by Gasteiger charge is -2.16. The normalized spacial score (nSPS) is 16.7. The summed E-state index contributed by atoms with van der Waals surface area (Å²) in [7, 11) is 2.08. The zero-order valence-electron chi connectivity index (χ0n) is 16.5. The van der Waals surface area contributed by atoms with Crippen molar-refractivity contribution in [1.82, 2.24) is 19.1 Å². The van der Waals surface area contributed by atoms with Gasteiger partial charge in [0.05, 0.1) is 41.3 Å². The topological polar surface area (TPSA) is 44.9 Å². The highest BCUT2D eigenvalue weighted by atomic mass is 32.2. The van der Waals surface area contributed by atoms with E-state index in [0.29, 0.717) is 0 Å². The highest BCUT2D eigenvalue weighted by Gasteiger charge is 2.21. The lowest BCUT2D eigenvalue weighted by molar-refractivity contribution is 0.0954. The van der Waals surface area contributed by atoms with Gasteiger partial charge in [0, 0.05) is 13.7 Å². The second-order valence-electron chi connectivity index (χ2n) is 7.40. The zero-order chi connectivity index (χ0) is 19.6. The molecule has 1 fully saturated rings. The van der Waals surface area contributed by atoms with Crippen LogP contribution in [0.3, 0.4) is 0 Å². The molecule has 6 heteroatoms. The Hall–Kier alpha value is -2.57. The minimum Gasteiger partial charge on any atom is -0.376 e. The highest BCUT2D eigenvalue weighted by Crippen LogP contribution is 2.30. The van der Waals surface area contributed by atoms with Crippen LogP contribution in [0, 0.1) is 0 Å². The van der Waals surface area contributed by atoms with E-state index in [1.54, 1.807) is 11.8 Å². The number of hydrogen-bond donors (Lipinski definition) is 0. The maximum absolute atomic E-state index is 5.92. The van der Waals surface area contributed by atoms with E-state index in [4.69, 9.17) is 14.7 Å². The highest BCUT2D eigenvalue weighted by molar-refractivity contribution is 7.98. The Kier molecular flexibility index (Phi) is 5.12. The van der Waals surface area contributed by atoms with Crippen LogP contribution in [0.1, 0.15) is 18.7 Å². The van der Waals surface area contributed by atoms with Gasteiger partial charge in [-0.05, 0) is 30.5 Å². The van der Waals surface area contributed by atoms with Crippen molar-refractivity contribution in [3.8, 4) is 11.3 Å². The van der Waals surface area contributed by atoms with Crippen molar-refractivity contribution in [2.75, 3.05) is 6.61 Å². The monoisotopic (exact) mass is 404 g/mol. The van der Waals surface area contributed by atoms with Gasteiger partial charge in [0.15, 0.2) is 5.16 Å². The van der Waals surface area contributed by atoms with Crippen molar-refractivity contribution in [3.05, 3.63) is 66.6 Å². The van der Waals surface area contributed by atoms with Crippen LogP contribution in [0.5, 0.6) is 0 Å². The number of ether oxygens (including phenoxy) is 1. The first-order valence-corrected chi connectivity index (χ1v) is 11.0. The van der Waals surface area contributed by atoms with Gasteiger partial charge in [-0.3, -0.25) is 0 Å². The van der Waals surface area contributed by atoms with Crippen LogP contribution < -0.4 is 0 Å². The number of para-hydroxylation sites is 2. The van der Waals surface area contributed by atoms with Crippen LogP contribution in [0.2, 0.25) is 0 Å². The molecule has 3 heterocycles. The van der Waals surface area contributed by atoms with Crippen molar-refractivity contribution in [2.24, 2.45) is 7.05 Å². The Morgan fingerprint density at radius 3 is 2.72 bits per heavy atom. The Morgan fingerprint density at radius 1 is 1.10 bits per heavy atom. The van der Waals surface area contributed by atoms with E-state index in [0.717, 1.165) is 59.5 Å². The van der Waals surface area contributed by atoms with E-state index >= 15 is 0 Å². The van der Waals surface area contributed by atoms with Gasteiger partial charge in [-0.15, -0.1) is 0 Å². The second-order valence-corrected chi connectivity index (χ2v) is 8.34. The minimum atomic E-state index is 0.266. The van der Waals surface area contributed by atoms with Crippen LogP contribution in [0.15, 0.2) is 66.0 Å². The lowest BCUT2D eigenvalue weighted by atomic mass is 10.1. The molecule has 0 N–H and O–H groups in total. The number of aryl methyl sites for hydroxylation is 1. The Balaban J connectivity index is 1.44. The third-order valence-electron chi connectivity index (χ3n) is 5.51. The summed E-state index contributed by atoms with van der Waals surface area (Å²) in [6.45, 7) is 1.71. The molecule has 1 unspecified atom stereocenters. The quantitative estimate of drug-likeness (QED) is 0.429. The van der Waals surface area contributed by atoms with Gasteiger partial charge in [-0.25, -0.2) is 9.97 Å². The summed E-state index contributed by atoms with van der Waals surface area (Å²) in [5, 5.41) is 1.02. The van der Waals surface area contributed by atoms with E-state index in [2.05, 4.69) is 58.6 Å². The van der Waals surface area contributed by atoms with Gasteiger partial charge in [-0.1, -0.05) is 54.2 Å². The average molecular weight is 405 g/mol. The molecule has 1 saturated heterocycles. The van der Waals surface area contributed by atoms with Crippen molar-refractivity contribution in [1.29, 1.82) is 0 Å². The molecule has 148 valence electrons. The van der Waals surface area contributed by atoms with Gasteiger partial charge in [-0.2, -0.15) is 0 Å². The molecule has 4 aromatic rings. The first kappa shape index (κ1) is 18.5. The molecule has 0 bridgehead atoms. The molecular weight excluding hydrogens is 380 g/mol. The molecular formula is C23H24N4OS. The summed E-state index contributed by atoms with van der Waals surface area (Å²) in [5.41, 5.74) is 4.54. The van der Waals surface area contributed by atoms with Gasteiger partial charge in [0.1, 0.15) is 5.82 Å². The second kappa shape index (κ2) is 8.05. The van der Waals surface area contributed by atoms with Crippen molar-refractivity contribution in [2.45, 2.75) is 36.4 Å². The molecule has 0 amide bonds. The van der Waals surface area contributed by atoms with E-state index < -0.39 is 0 Å². The molecule has 1 atom stereocenters. The first-order chi connectivity index (χ1) is 14.3. The number of rotatable bonds is 6. The van der Waals surface area contributed by atoms with Crippen LogP contribution >= 0.6 is 11.8 Å². The molecule has 0 radical (unpaired) electrons. The van der Waals surface area contributed by atoms with E-state index in [-0.39, 0.29) is 6.10 Å². The molecule has 0 aliphatic carbocycles. The molecule has 0 saturated carbocycles. The summed E-state index contributed by atoms with van der Waals surface area (Å²) in [5.74, 6) is 1.84. The summed E-state index contributed by atoms with van der Waals surface area (Å²) >= 11 is 1.74. The number of thioether (sulfide) groups is 1. The molecule has 2 aromatic heterocycles. The van der Waals surface area contributed by atoms with E-state index in [1.165, 1.54) is 5.56 Å². The summed E-state index contributed by atoms with van der Waals surface area (Å²) in [4.78, 5) is 9.57. The zero-order valence-corrected chi connectivity index (χ0v) is 17.3. The number of aromatic nitrogens is 4. The lowest BCUT2D eigenvalue weighted by Crippen LogP contribution is -2.16. The Morgan fingerprint density at radius 2 is 1.93 bits per heavy atom. The Labute approximate surface area is 174 Å². The van der Waals surface area contributed by atoms with Gasteiger partial charge in [0.25, 0.3) is 0 Å². The molecule has 1 aliphatic heterocycles. The minimum absolute atomic E-state index is 0.266. The van der Waals surface area contributed by atoms with Crippen molar-refractivity contribution < 1.29 is 4.74 Å². The Bertz CT molecular complexity index is 1110. The van der Waals surface area contributed by atoms with Gasteiger partial charge >= 0.3 is 0 Å². The van der Waals surface area contributed by atoms with E-state index in [1.807, 2.05) is 18.3 Å². The molecule has 5 rings (SSSR count). The van der Waals surface area contributed by atoms with Crippen molar-refractivity contribution >= 4 is 22.8 Å². The van der Waals surface area contributed by atoms with Gasteiger partial charge < -0.3 is 13.9 Å². The SMILES string of the molecule is Cn1c(CSc2ncc(-c3ccccc3)n2CC2CCCO2)nc2ccccc21. The first-order valence-electron chi connectivity index (χ1n) is 10.1. The number of nitrogens with zero attached hydrogens (tertiary/aromatic N) is 4. The number of benzene rings is 2. The molecule has 1 aliphatic rings. The average Bonchev–Trinajstić information content (AvgIpc) is 3.48. The summed E-state index contributed by atoms with van der Waals surface area (Å²) < 4.78 is 10.4. The van der Waals surface area contributed by atoms with Gasteiger partial charge in [0.2, 0.25) is 0 Å². The van der Waals surface area contributed by atoms with Crippen LogP contribution in [0.25, 0.3) is 22.3 Å². The predicted octanol–water partition coefficient (Wildman–Crippen LogP) is 4.91. The number of imidazole rings is 2. The standard InChI is InChI=1S/C23H24N4OS/c1-26-20-12-6-5-11-19(20)25-22(26)16-29-23-24-14-21(17-8-3-2-4-9-17)27(23)15-18-10-7-13-28-18/h2-6,8-9,11-12,14,18H,7,10,13,15-16H2,1H3. The fourth-order valence-corrected chi connectivity index (χ4v) is 4.91. The smallest absolute Gasteiger partial charge is 0.168 e. The molecule has 2 aromatic carbocycles. The van der Waals surface area contributed by atoms with Crippen molar-refractivity contribution in [3.63, 3.8) is 0 Å².